The summed E-state index contributed by atoms with van der Waals surface area (Å²) in [7, 11) is 0. The number of para-hydroxylation sites is 1. The van der Waals surface area contributed by atoms with E-state index in [1.807, 2.05) is 0 Å². The van der Waals surface area contributed by atoms with Crippen LogP contribution in [0, 0.1) is 0 Å². The maximum Gasteiger partial charge on any atom is 0.258 e. The topological polar surface area (TPSA) is 88.8 Å². The fraction of sp³-hybridized carbons (Fsp3) is 0. The van der Waals surface area contributed by atoms with Crippen molar-refractivity contribution < 1.29 is 4.79 Å². The highest BCUT2D eigenvalue weighted by molar-refractivity contribution is 6.04. The Hall–Kier alpha value is -2.17. The molecular weight excluding hydrogens is 182 g/mol. The average Bonchev–Trinajstić information content (AvgIpc) is 2.17. The Balaban J connectivity index is 2.95. The zero-order valence-electron chi connectivity index (χ0n) is 7.15. The SMILES string of the molecule is NC(=O)c1cccc2c(=O)[nH]cnc12. The second-order valence-electron chi connectivity index (χ2n) is 2.80. The van der Waals surface area contributed by atoms with E-state index >= 15 is 0 Å². The molecule has 0 aliphatic heterocycles. The molecule has 0 unspecified atom stereocenters. The summed E-state index contributed by atoms with van der Waals surface area (Å²) in [6.07, 6.45) is 1.25. The van der Waals surface area contributed by atoms with Gasteiger partial charge < -0.3 is 10.7 Å². The summed E-state index contributed by atoms with van der Waals surface area (Å²) in [5, 5.41) is 0.365. The standard InChI is InChI=1S/C9H7N3O2/c10-8(13)5-2-1-3-6-7(5)11-4-12-9(6)14/h1-4H,(H2,10,13)(H,11,12,14). The van der Waals surface area contributed by atoms with E-state index in [1.54, 1.807) is 12.1 Å². The minimum absolute atomic E-state index is 0.258. The van der Waals surface area contributed by atoms with E-state index in [9.17, 15) is 9.59 Å². The maximum atomic E-state index is 11.3. The summed E-state index contributed by atoms with van der Waals surface area (Å²) in [6.45, 7) is 0. The van der Waals surface area contributed by atoms with Gasteiger partial charge in [-0.2, -0.15) is 0 Å². The molecule has 0 atom stereocenters. The third-order valence-electron chi connectivity index (χ3n) is 1.94. The van der Waals surface area contributed by atoms with Gasteiger partial charge in [-0.05, 0) is 12.1 Å². The third kappa shape index (κ3) is 1.15. The monoisotopic (exact) mass is 189 g/mol. The minimum Gasteiger partial charge on any atom is -0.366 e. The summed E-state index contributed by atoms with van der Waals surface area (Å²) >= 11 is 0. The first-order chi connectivity index (χ1) is 6.70. The molecule has 5 nitrogen and oxygen atoms in total. The lowest BCUT2D eigenvalue weighted by Crippen LogP contribution is -2.14. The molecule has 0 saturated carbocycles. The third-order valence-corrected chi connectivity index (χ3v) is 1.94. The minimum atomic E-state index is -0.589. The van der Waals surface area contributed by atoms with Crippen molar-refractivity contribution in [3.8, 4) is 0 Å². The van der Waals surface area contributed by atoms with E-state index in [1.165, 1.54) is 12.4 Å². The number of hydrogen-bond donors (Lipinski definition) is 2. The van der Waals surface area contributed by atoms with Crippen LogP contribution in [-0.4, -0.2) is 15.9 Å². The summed E-state index contributed by atoms with van der Waals surface area (Å²) in [5.41, 5.74) is 5.45. The highest BCUT2D eigenvalue weighted by Crippen LogP contribution is 2.10. The Morgan fingerprint density at radius 2 is 2.21 bits per heavy atom. The van der Waals surface area contributed by atoms with Crippen LogP contribution >= 0.6 is 0 Å². The number of carbonyl (C=O) groups is 1. The molecule has 5 heteroatoms. The first kappa shape index (κ1) is 8.43. The predicted octanol–water partition coefficient (Wildman–Crippen LogP) is 0.0220. The molecule has 0 saturated heterocycles. The molecule has 1 amide bonds. The highest BCUT2D eigenvalue weighted by Gasteiger charge is 2.08. The quantitative estimate of drug-likeness (QED) is 0.662. The van der Waals surface area contributed by atoms with E-state index in [0.717, 1.165) is 0 Å². The average molecular weight is 189 g/mol. The normalized spacial score (nSPS) is 10.3. The summed E-state index contributed by atoms with van der Waals surface area (Å²) in [6, 6.07) is 4.73. The van der Waals surface area contributed by atoms with Gasteiger partial charge in [-0.25, -0.2) is 4.98 Å². The number of carbonyl (C=O) groups excluding carboxylic acids is 1. The lowest BCUT2D eigenvalue weighted by Gasteiger charge is -1.99. The van der Waals surface area contributed by atoms with Crippen LogP contribution in [0.25, 0.3) is 10.9 Å². The second-order valence-corrected chi connectivity index (χ2v) is 2.80. The van der Waals surface area contributed by atoms with Gasteiger partial charge in [-0.3, -0.25) is 9.59 Å². The van der Waals surface area contributed by atoms with Crippen LogP contribution < -0.4 is 11.3 Å². The largest absolute Gasteiger partial charge is 0.366 e. The van der Waals surface area contributed by atoms with Gasteiger partial charge in [0.2, 0.25) is 0 Å². The van der Waals surface area contributed by atoms with Crippen LogP contribution in [0.3, 0.4) is 0 Å². The first-order valence-electron chi connectivity index (χ1n) is 3.96. The summed E-state index contributed by atoms with van der Waals surface area (Å²) < 4.78 is 0. The fourth-order valence-electron chi connectivity index (χ4n) is 1.30. The van der Waals surface area contributed by atoms with Crippen molar-refractivity contribution in [1.29, 1.82) is 0 Å². The van der Waals surface area contributed by atoms with Crippen molar-refractivity contribution in [1.82, 2.24) is 9.97 Å². The van der Waals surface area contributed by atoms with Gasteiger partial charge in [-0.15, -0.1) is 0 Å². The molecule has 0 bridgehead atoms. The van der Waals surface area contributed by atoms with Crippen molar-refractivity contribution >= 4 is 16.8 Å². The summed E-state index contributed by atoms with van der Waals surface area (Å²) in [4.78, 5) is 28.6. The van der Waals surface area contributed by atoms with Gasteiger partial charge in [0, 0.05) is 0 Å². The molecule has 2 aromatic rings. The zero-order chi connectivity index (χ0) is 10.1. The zero-order valence-corrected chi connectivity index (χ0v) is 7.15. The predicted molar refractivity (Wildman–Crippen MR) is 50.9 cm³/mol. The molecule has 0 radical (unpaired) electrons. The highest BCUT2D eigenvalue weighted by atomic mass is 16.1. The number of aromatic nitrogens is 2. The number of hydrogen-bond acceptors (Lipinski definition) is 3. The van der Waals surface area contributed by atoms with Crippen molar-refractivity contribution in [2.75, 3.05) is 0 Å². The maximum absolute atomic E-state index is 11.3. The van der Waals surface area contributed by atoms with E-state index in [4.69, 9.17) is 5.73 Å². The molecule has 1 aromatic heterocycles. The van der Waals surface area contributed by atoms with Gasteiger partial charge in [0.25, 0.3) is 11.5 Å². The number of H-pyrrole nitrogens is 1. The van der Waals surface area contributed by atoms with Crippen LogP contribution in [0.2, 0.25) is 0 Å². The molecule has 0 aliphatic rings. The van der Waals surface area contributed by atoms with Crippen molar-refractivity contribution in [3.63, 3.8) is 0 Å². The summed E-state index contributed by atoms with van der Waals surface area (Å²) in [5.74, 6) is -0.589. The van der Waals surface area contributed by atoms with Gasteiger partial charge in [-0.1, -0.05) is 6.07 Å². The van der Waals surface area contributed by atoms with E-state index < -0.39 is 5.91 Å². The van der Waals surface area contributed by atoms with Crippen molar-refractivity contribution in [2.45, 2.75) is 0 Å². The molecule has 2 rings (SSSR count). The Morgan fingerprint density at radius 3 is 2.93 bits per heavy atom. The molecule has 1 heterocycles. The molecule has 70 valence electrons. The number of nitrogens with zero attached hydrogens (tertiary/aromatic N) is 1. The van der Waals surface area contributed by atoms with E-state index in [2.05, 4.69) is 9.97 Å². The Kier molecular flexibility index (Phi) is 1.78. The van der Waals surface area contributed by atoms with E-state index in [-0.39, 0.29) is 11.1 Å². The van der Waals surface area contributed by atoms with Gasteiger partial charge >= 0.3 is 0 Å². The molecule has 3 N–H and O–H groups in total. The molecule has 0 spiro atoms. The number of fused-ring (bicyclic) bond motifs is 1. The second kappa shape index (κ2) is 2.95. The van der Waals surface area contributed by atoms with Crippen LogP contribution in [0.5, 0.6) is 0 Å². The Morgan fingerprint density at radius 1 is 1.43 bits per heavy atom. The number of nitrogens with two attached hydrogens (primary N) is 1. The fourth-order valence-corrected chi connectivity index (χ4v) is 1.30. The first-order valence-corrected chi connectivity index (χ1v) is 3.96. The number of nitrogens with one attached hydrogen (secondary N) is 1. The van der Waals surface area contributed by atoms with Crippen LogP contribution in [0.1, 0.15) is 10.4 Å². The Bertz CT molecular complexity index is 559. The Labute approximate surface area is 78.6 Å². The number of aromatic amines is 1. The van der Waals surface area contributed by atoms with Crippen molar-refractivity contribution in [3.05, 3.63) is 40.4 Å². The molecule has 0 fully saturated rings. The van der Waals surface area contributed by atoms with Gasteiger partial charge in [0.15, 0.2) is 0 Å². The lowest BCUT2D eigenvalue weighted by atomic mass is 10.1. The lowest BCUT2D eigenvalue weighted by molar-refractivity contribution is 0.100. The van der Waals surface area contributed by atoms with Gasteiger partial charge in [0.1, 0.15) is 0 Å². The molecule has 14 heavy (non-hydrogen) atoms. The van der Waals surface area contributed by atoms with Gasteiger partial charge in [0.05, 0.1) is 22.8 Å². The number of amides is 1. The van der Waals surface area contributed by atoms with Crippen LogP contribution in [0.4, 0.5) is 0 Å². The number of benzene rings is 1. The van der Waals surface area contributed by atoms with Crippen LogP contribution in [-0.2, 0) is 0 Å². The molecule has 0 aliphatic carbocycles. The smallest absolute Gasteiger partial charge is 0.258 e. The van der Waals surface area contributed by atoms with Crippen LogP contribution in [0.15, 0.2) is 29.3 Å². The molecule has 1 aromatic carbocycles. The van der Waals surface area contributed by atoms with Crippen molar-refractivity contribution in [2.24, 2.45) is 5.73 Å². The molecular formula is C9H7N3O2. The number of rotatable bonds is 1. The van der Waals surface area contributed by atoms with E-state index in [0.29, 0.717) is 10.9 Å². The number of primary amides is 1.